The van der Waals surface area contributed by atoms with Crippen molar-refractivity contribution in [2.75, 3.05) is 26.8 Å². The Morgan fingerprint density at radius 1 is 1.50 bits per heavy atom. The minimum absolute atomic E-state index is 0.0354. The van der Waals surface area contributed by atoms with Crippen LogP contribution in [-0.4, -0.2) is 37.6 Å². The van der Waals surface area contributed by atoms with Crippen LogP contribution in [0.15, 0.2) is 0 Å². The first-order valence-electron chi connectivity index (χ1n) is 5.91. The van der Waals surface area contributed by atoms with E-state index in [9.17, 15) is 10.1 Å². The second-order valence-electron chi connectivity index (χ2n) is 4.39. The van der Waals surface area contributed by atoms with Gasteiger partial charge < -0.3 is 9.64 Å². The van der Waals surface area contributed by atoms with Crippen molar-refractivity contribution in [2.45, 2.75) is 32.6 Å². The lowest BCUT2D eigenvalue weighted by Gasteiger charge is -2.33. The molecule has 0 spiro atoms. The first-order chi connectivity index (χ1) is 7.66. The highest BCUT2D eigenvalue weighted by Gasteiger charge is 2.41. The second-order valence-corrected chi connectivity index (χ2v) is 4.39. The molecule has 0 saturated carbocycles. The molecule has 4 nitrogen and oxygen atoms in total. The molecule has 0 aliphatic carbocycles. The van der Waals surface area contributed by atoms with Gasteiger partial charge in [0.05, 0.1) is 6.07 Å². The summed E-state index contributed by atoms with van der Waals surface area (Å²) < 4.78 is 5.22. The van der Waals surface area contributed by atoms with Crippen LogP contribution in [0.5, 0.6) is 0 Å². The number of carbonyl (C=O) groups excluding carboxylic acids is 1. The minimum atomic E-state index is -0.833. The van der Waals surface area contributed by atoms with Gasteiger partial charge in [0.1, 0.15) is 5.41 Å². The van der Waals surface area contributed by atoms with E-state index in [2.05, 4.69) is 13.0 Å². The van der Waals surface area contributed by atoms with Gasteiger partial charge in [0.2, 0.25) is 5.91 Å². The molecule has 1 aliphatic heterocycles. The first-order valence-corrected chi connectivity index (χ1v) is 5.91. The summed E-state index contributed by atoms with van der Waals surface area (Å²) in [6.45, 7) is 3.86. The Kier molecular flexibility index (Phi) is 4.75. The number of rotatable bonds is 4. The third-order valence-corrected chi connectivity index (χ3v) is 3.16. The average Bonchev–Trinajstić information content (AvgIpc) is 2.35. The Hall–Kier alpha value is -1.08. The maximum atomic E-state index is 12.2. The largest absolute Gasteiger partial charge is 0.381 e. The fourth-order valence-corrected chi connectivity index (χ4v) is 1.96. The molecule has 0 aromatic heterocycles. The number of hydrogen-bond acceptors (Lipinski definition) is 3. The van der Waals surface area contributed by atoms with E-state index >= 15 is 0 Å². The number of ether oxygens (including phenoxy) is 1. The molecule has 0 unspecified atom stereocenters. The molecule has 1 saturated heterocycles. The van der Waals surface area contributed by atoms with Crippen LogP contribution in [0.25, 0.3) is 0 Å². The van der Waals surface area contributed by atoms with Crippen LogP contribution in [-0.2, 0) is 9.53 Å². The van der Waals surface area contributed by atoms with Crippen LogP contribution in [0, 0.1) is 16.7 Å². The van der Waals surface area contributed by atoms with Gasteiger partial charge in [0.25, 0.3) is 0 Å². The van der Waals surface area contributed by atoms with Crippen molar-refractivity contribution < 1.29 is 9.53 Å². The number of unbranched alkanes of at least 4 members (excludes halogenated alkanes) is 1. The number of nitriles is 1. The fraction of sp³-hybridized carbons (Fsp3) is 0.833. The molecule has 0 N–H and O–H groups in total. The van der Waals surface area contributed by atoms with Crippen LogP contribution < -0.4 is 0 Å². The maximum Gasteiger partial charge on any atom is 0.242 e. The Morgan fingerprint density at radius 2 is 2.12 bits per heavy atom. The van der Waals surface area contributed by atoms with Gasteiger partial charge in [-0.25, -0.2) is 0 Å². The summed E-state index contributed by atoms with van der Waals surface area (Å²) in [5.74, 6) is -0.0354. The normalized spacial score (nSPS) is 18.8. The molecule has 0 aromatic carbocycles. The van der Waals surface area contributed by atoms with Gasteiger partial charge in [-0.1, -0.05) is 13.3 Å². The van der Waals surface area contributed by atoms with E-state index in [1.807, 2.05) is 0 Å². The SMILES string of the molecule is CCCCN(C)C(=O)C1(C#N)CCOCC1. The molecule has 4 heteroatoms. The third-order valence-electron chi connectivity index (χ3n) is 3.16. The maximum absolute atomic E-state index is 12.2. The van der Waals surface area contributed by atoms with E-state index in [-0.39, 0.29) is 5.91 Å². The van der Waals surface area contributed by atoms with Gasteiger partial charge in [-0.3, -0.25) is 4.79 Å². The van der Waals surface area contributed by atoms with Gasteiger partial charge in [-0.2, -0.15) is 5.26 Å². The topological polar surface area (TPSA) is 53.3 Å². The monoisotopic (exact) mass is 224 g/mol. The van der Waals surface area contributed by atoms with E-state index in [0.29, 0.717) is 26.1 Å². The van der Waals surface area contributed by atoms with E-state index < -0.39 is 5.41 Å². The van der Waals surface area contributed by atoms with Gasteiger partial charge in [0, 0.05) is 26.8 Å². The highest BCUT2D eigenvalue weighted by Crippen LogP contribution is 2.31. The molecular formula is C12H20N2O2. The van der Waals surface area contributed by atoms with E-state index in [4.69, 9.17) is 4.74 Å². The molecule has 1 rings (SSSR count). The lowest BCUT2D eigenvalue weighted by molar-refractivity contribution is -0.142. The molecule has 0 atom stereocenters. The van der Waals surface area contributed by atoms with Crippen molar-refractivity contribution in [1.82, 2.24) is 4.90 Å². The summed E-state index contributed by atoms with van der Waals surface area (Å²) >= 11 is 0. The van der Waals surface area contributed by atoms with Gasteiger partial charge in [-0.15, -0.1) is 0 Å². The van der Waals surface area contributed by atoms with Crippen molar-refractivity contribution in [3.8, 4) is 6.07 Å². The molecule has 0 radical (unpaired) electrons. The van der Waals surface area contributed by atoms with E-state index in [0.717, 1.165) is 19.4 Å². The fourth-order valence-electron chi connectivity index (χ4n) is 1.96. The minimum Gasteiger partial charge on any atom is -0.381 e. The lowest BCUT2D eigenvalue weighted by atomic mass is 9.80. The zero-order valence-corrected chi connectivity index (χ0v) is 10.2. The van der Waals surface area contributed by atoms with E-state index in [1.165, 1.54) is 0 Å². The highest BCUT2D eigenvalue weighted by atomic mass is 16.5. The quantitative estimate of drug-likeness (QED) is 0.728. The summed E-state index contributed by atoms with van der Waals surface area (Å²) in [4.78, 5) is 13.9. The number of amides is 1. The van der Waals surface area contributed by atoms with Crippen molar-refractivity contribution in [2.24, 2.45) is 5.41 Å². The Bertz CT molecular complexity index is 277. The Balaban J connectivity index is 2.65. The Morgan fingerprint density at radius 3 is 2.62 bits per heavy atom. The summed E-state index contributed by atoms with van der Waals surface area (Å²) in [6, 6.07) is 2.20. The molecule has 90 valence electrons. The summed E-state index contributed by atoms with van der Waals surface area (Å²) in [6.07, 6.45) is 3.10. The van der Waals surface area contributed by atoms with Crippen molar-refractivity contribution in [3.05, 3.63) is 0 Å². The van der Waals surface area contributed by atoms with Crippen LogP contribution >= 0.6 is 0 Å². The molecule has 16 heavy (non-hydrogen) atoms. The third kappa shape index (κ3) is 2.73. The van der Waals surface area contributed by atoms with Gasteiger partial charge in [-0.05, 0) is 19.3 Å². The summed E-state index contributed by atoms with van der Waals surface area (Å²) in [5.41, 5.74) is -0.833. The standard InChI is InChI=1S/C12H20N2O2/c1-3-4-7-14(2)11(15)12(10-13)5-8-16-9-6-12/h3-9H2,1-2H3. The predicted octanol–water partition coefficient (Wildman–Crippen LogP) is 1.57. The highest BCUT2D eigenvalue weighted by molar-refractivity contribution is 5.85. The van der Waals surface area contributed by atoms with Crippen LogP contribution in [0.2, 0.25) is 0 Å². The zero-order chi connectivity index (χ0) is 12.0. The van der Waals surface area contributed by atoms with Crippen LogP contribution in [0.1, 0.15) is 32.6 Å². The number of nitrogens with zero attached hydrogens (tertiary/aromatic N) is 2. The number of hydrogen-bond donors (Lipinski definition) is 0. The van der Waals surface area contributed by atoms with Crippen LogP contribution in [0.4, 0.5) is 0 Å². The lowest BCUT2D eigenvalue weighted by Crippen LogP contribution is -2.44. The van der Waals surface area contributed by atoms with Crippen molar-refractivity contribution in [3.63, 3.8) is 0 Å². The van der Waals surface area contributed by atoms with Crippen molar-refractivity contribution >= 4 is 5.91 Å². The molecule has 1 fully saturated rings. The predicted molar refractivity (Wildman–Crippen MR) is 60.6 cm³/mol. The first kappa shape index (κ1) is 13.0. The molecule has 1 aliphatic rings. The van der Waals surface area contributed by atoms with Gasteiger partial charge in [0.15, 0.2) is 0 Å². The van der Waals surface area contributed by atoms with E-state index in [1.54, 1.807) is 11.9 Å². The molecule has 1 amide bonds. The van der Waals surface area contributed by atoms with Crippen LogP contribution in [0.3, 0.4) is 0 Å². The number of carbonyl (C=O) groups is 1. The second kappa shape index (κ2) is 5.86. The molecular weight excluding hydrogens is 204 g/mol. The summed E-state index contributed by atoms with van der Waals surface area (Å²) in [7, 11) is 1.78. The molecule has 1 heterocycles. The Labute approximate surface area is 97.2 Å². The van der Waals surface area contributed by atoms with Gasteiger partial charge >= 0.3 is 0 Å². The zero-order valence-electron chi connectivity index (χ0n) is 10.2. The van der Waals surface area contributed by atoms with Crippen molar-refractivity contribution in [1.29, 1.82) is 5.26 Å². The molecule has 0 bridgehead atoms. The smallest absolute Gasteiger partial charge is 0.242 e. The summed E-state index contributed by atoms with van der Waals surface area (Å²) in [5, 5.41) is 9.23. The molecule has 0 aromatic rings. The average molecular weight is 224 g/mol.